The van der Waals surface area contributed by atoms with Crippen LogP contribution in [0, 0.1) is 11.3 Å². The summed E-state index contributed by atoms with van der Waals surface area (Å²) in [6.45, 7) is 0.0147. The van der Waals surface area contributed by atoms with Crippen molar-refractivity contribution in [2.75, 3.05) is 14.2 Å². The Morgan fingerprint density at radius 2 is 1.78 bits per heavy atom. The van der Waals surface area contributed by atoms with Crippen LogP contribution in [0.3, 0.4) is 0 Å². The maximum atomic E-state index is 13.4. The molecule has 0 aliphatic heterocycles. The first-order valence-corrected chi connectivity index (χ1v) is 10.0. The summed E-state index contributed by atoms with van der Waals surface area (Å²) in [7, 11) is 3.06. The predicted molar refractivity (Wildman–Crippen MR) is 122 cm³/mol. The third-order valence-electron chi connectivity index (χ3n) is 4.97. The van der Waals surface area contributed by atoms with Crippen LogP contribution < -0.4 is 19.6 Å². The molecule has 0 fully saturated rings. The fraction of sp³-hybridized carbons (Fsp3) is 0.120. The summed E-state index contributed by atoms with van der Waals surface area (Å²) >= 11 is 6.10. The molecule has 1 heterocycles. The molecule has 160 valence electrons. The van der Waals surface area contributed by atoms with Crippen molar-refractivity contribution in [1.82, 2.24) is 0 Å². The van der Waals surface area contributed by atoms with Crippen LogP contribution in [0.25, 0.3) is 22.3 Å². The molecule has 4 aromatic rings. The minimum absolute atomic E-state index is 0.0136. The summed E-state index contributed by atoms with van der Waals surface area (Å²) in [5.41, 5.74) is 1.69. The van der Waals surface area contributed by atoms with Gasteiger partial charge in [-0.1, -0.05) is 29.8 Å². The van der Waals surface area contributed by atoms with Gasteiger partial charge in [0.2, 0.25) is 11.2 Å². The van der Waals surface area contributed by atoms with Crippen LogP contribution in [0.15, 0.2) is 69.9 Å². The topological polar surface area (TPSA) is 81.7 Å². The summed E-state index contributed by atoms with van der Waals surface area (Å²) < 4.78 is 22.7. The number of halogens is 1. The first-order chi connectivity index (χ1) is 15.5. The zero-order valence-electron chi connectivity index (χ0n) is 17.3. The van der Waals surface area contributed by atoms with Crippen LogP contribution in [-0.2, 0) is 6.61 Å². The molecule has 7 heteroatoms. The van der Waals surface area contributed by atoms with Gasteiger partial charge in [0.25, 0.3) is 0 Å². The fourth-order valence-electron chi connectivity index (χ4n) is 3.35. The molecule has 32 heavy (non-hydrogen) atoms. The zero-order valence-corrected chi connectivity index (χ0v) is 18.1. The Bertz CT molecular complexity index is 1400. The average molecular weight is 448 g/mol. The van der Waals surface area contributed by atoms with E-state index in [4.69, 9.17) is 30.2 Å². The number of benzene rings is 3. The standard InChI is InChI=1S/C25H18ClNO5/c1-29-21-9-7-15(11-22(21)30-2)24-25(31-14-17-6-4-3-5-16(17)13-27)23(28)19-12-18(26)8-10-20(19)32-24/h3-12H,14H2,1-2H3. The zero-order chi connectivity index (χ0) is 22.7. The van der Waals surface area contributed by atoms with Crippen molar-refractivity contribution in [3.05, 3.63) is 87.0 Å². The van der Waals surface area contributed by atoms with Crippen molar-refractivity contribution in [3.8, 4) is 34.6 Å². The molecule has 0 saturated carbocycles. The molecule has 6 nitrogen and oxygen atoms in total. The van der Waals surface area contributed by atoms with E-state index in [0.29, 0.717) is 44.2 Å². The van der Waals surface area contributed by atoms with Crippen LogP contribution in [0.1, 0.15) is 11.1 Å². The second-order valence-corrected chi connectivity index (χ2v) is 7.29. The van der Waals surface area contributed by atoms with Crippen LogP contribution in [0.5, 0.6) is 17.2 Å². The first-order valence-electron chi connectivity index (χ1n) is 9.65. The predicted octanol–water partition coefficient (Wildman–Crippen LogP) is 5.58. The first kappa shape index (κ1) is 21.3. The lowest BCUT2D eigenvalue weighted by atomic mass is 10.1. The molecule has 0 saturated heterocycles. The Hall–Kier alpha value is -3.95. The smallest absolute Gasteiger partial charge is 0.235 e. The van der Waals surface area contributed by atoms with Gasteiger partial charge in [-0.15, -0.1) is 0 Å². The Balaban J connectivity index is 1.89. The van der Waals surface area contributed by atoms with E-state index in [9.17, 15) is 10.1 Å². The van der Waals surface area contributed by atoms with Crippen molar-refractivity contribution >= 4 is 22.6 Å². The van der Waals surface area contributed by atoms with Crippen molar-refractivity contribution in [2.24, 2.45) is 0 Å². The van der Waals surface area contributed by atoms with Gasteiger partial charge in [-0.3, -0.25) is 4.79 Å². The van der Waals surface area contributed by atoms with E-state index >= 15 is 0 Å². The van der Waals surface area contributed by atoms with Crippen molar-refractivity contribution in [3.63, 3.8) is 0 Å². The number of methoxy groups -OCH3 is 2. The third-order valence-corrected chi connectivity index (χ3v) is 5.20. The van der Waals surface area contributed by atoms with Crippen LogP contribution in [0.4, 0.5) is 0 Å². The molecule has 0 aliphatic rings. The van der Waals surface area contributed by atoms with Gasteiger partial charge in [0.1, 0.15) is 12.2 Å². The van der Waals surface area contributed by atoms with E-state index in [1.165, 1.54) is 13.2 Å². The Labute approximate surface area is 189 Å². The number of hydrogen-bond acceptors (Lipinski definition) is 6. The van der Waals surface area contributed by atoms with Crippen LogP contribution in [0.2, 0.25) is 5.02 Å². The Morgan fingerprint density at radius 1 is 1.00 bits per heavy atom. The number of ether oxygens (including phenoxy) is 3. The van der Waals surface area contributed by atoms with E-state index < -0.39 is 0 Å². The van der Waals surface area contributed by atoms with Gasteiger partial charge in [-0.25, -0.2) is 0 Å². The van der Waals surface area contributed by atoms with Gasteiger partial charge in [-0.2, -0.15) is 5.26 Å². The van der Waals surface area contributed by atoms with E-state index in [2.05, 4.69) is 6.07 Å². The van der Waals surface area contributed by atoms with Gasteiger partial charge >= 0.3 is 0 Å². The van der Waals surface area contributed by atoms with E-state index in [0.717, 1.165) is 0 Å². The summed E-state index contributed by atoms with van der Waals surface area (Å²) in [5, 5.41) is 10.1. The molecule has 1 aromatic heterocycles. The summed E-state index contributed by atoms with van der Waals surface area (Å²) in [4.78, 5) is 13.4. The van der Waals surface area contributed by atoms with Gasteiger partial charge in [0.05, 0.1) is 31.2 Å². The largest absolute Gasteiger partial charge is 0.493 e. The normalized spacial score (nSPS) is 10.6. The molecule has 0 aliphatic carbocycles. The van der Waals surface area contributed by atoms with Gasteiger partial charge in [0, 0.05) is 16.1 Å². The third kappa shape index (κ3) is 3.98. The minimum atomic E-state index is -0.368. The molecule has 0 N–H and O–H groups in total. The van der Waals surface area contributed by atoms with E-state index in [1.807, 2.05) is 0 Å². The number of hydrogen-bond donors (Lipinski definition) is 0. The lowest BCUT2D eigenvalue weighted by Gasteiger charge is -2.14. The number of rotatable bonds is 6. The van der Waals surface area contributed by atoms with Crippen molar-refractivity contribution in [2.45, 2.75) is 6.61 Å². The molecule has 3 aromatic carbocycles. The monoisotopic (exact) mass is 447 g/mol. The quantitative estimate of drug-likeness (QED) is 0.383. The van der Waals surface area contributed by atoms with E-state index in [-0.39, 0.29) is 23.5 Å². The summed E-state index contributed by atoms with van der Waals surface area (Å²) in [6.07, 6.45) is 0. The highest BCUT2D eigenvalue weighted by Crippen LogP contribution is 2.37. The highest BCUT2D eigenvalue weighted by atomic mass is 35.5. The lowest BCUT2D eigenvalue weighted by molar-refractivity contribution is 0.297. The van der Waals surface area contributed by atoms with Crippen LogP contribution >= 0.6 is 11.6 Å². The molecule has 0 unspecified atom stereocenters. The summed E-state index contributed by atoms with van der Waals surface area (Å²) in [6, 6.07) is 19.2. The van der Waals surface area contributed by atoms with Gasteiger partial charge < -0.3 is 18.6 Å². The molecular weight excluding hydrogens is 430 g/mol. The fourth-order valence-corrected chi connectivity index (χ4v) is 3.53. The Kier molecular flexibility index (Phi) is 6.02. The average Bonchev–Trinajstić information content (AvgIpc) is 2.83. The maximum Gasteiger partial charge on any atom is 0.235 e. The SMILES string of the molecule is COc1ccc(-c2oc3ccc(Cl)cc3c(=O)c2OCc2ccccc2C#N)cc1OC. The molecule has 0 atom stereocenters. The van der Waals surface area contributed by atoms with Gasteiger partial charge in [-0.05, 0) is 42.5 Å². The molecule has 0 spiro atoms. The molecule has 0 bridgehead atoms. The van der Waals surface area contributed by atoms with E-state index in [1.54, 1.807) is 61.7 Å². The second kappa shape index (κ2) is 9.04. The second-order valence-electron chi connectivity index (χ2n) is 6.86. The van der Waals surface area contributed by atoms with Crippen molar-refractivity contribution < 1.29 is 18.6 Å². The van der Waals surface area contributed by atoms with Gasteiger partial charge in [0.15, 0.2) is 17.3 Å². The van der Waals surface area contributed by atoms with Crippen LogP contribution in [-0.4, -0.2) is 14.2 Å². The highest BCUT2D eigenvalue weighted by molar-refractivity contribution is 6.31. The van der Waals surface area contributed by atoms with Crippen molar-refractivity contribution in [1.29, 1.82) is 5.26 Å². The maximum absolute atomic E-state index is 13.4. The number of nitriles is 1. The molecule has 0 amide bonds. The summed E-state index contributed by atoms with van der Waals surface area (Å²) in [5.74, 6) is 1.26. The molecular formula is C25H18ClNO5. The minimum Gasteiger partial charge on any atom is -0.493 e. The number of nitrogens with zero attached hydrogens (tertiary/aromatic N) is 1. The molecule has 0 radical (unpaired) electrons. The molecule has 4 rings (SSSR count). The highest BCUT2D eigenvalue weighted by Gasteiger charge is 2.20. The number of fused-ring (bicyclic) bond motifs is 1. The Morgan fingerprint density at radius 3 is 2.53 bits per heavy atom. The lowest BCUT2D eigenvalue weighted by Crippen LogP contribution is -2.11.